The third-order valence-electron chi connectivity index (χ3n) is 3.31. The Morgan fingerprint density at radius 1 is 1.38 bits per heavy atom. The summed E-state index contributed by atoms with van der Waals surface area (Å²) in [5.41, 5.74) is 1.00. The second-order valence-electron chi connectivity index (χ2n) is 6.41. The third-order valence-corrected chi connectivity index (χ3v) is 4.59. The zero-order valence-corrected chi connectivity index (χ0v) is 16.9. The molecule has 1 heterocycles. The number of fused-ring (bicyclic) bond motifs is 1. The number of rotatable bonds is 4. The number of aromatic nitrogens is 1. The van der Waals surface area contributed by atoms with E-state index in [1.165, 1.54) is 0 Å². The number of carbonyl (C=O) groups excluding carboxylic acids is 1. The second-order valence-corrected chi connectivity index (χ2v) is 9.61. The number of carbonyl (C=O) groups is 1. The van der Waals surface area contributed by atoms with Gasteiger partial charge in [0, 0.05) is 23.6 Å². The van der Waals surface area contributed by atoms with Gasteiger partial charge in [-0.3, -0.25) is 0 Å². The molecule has 24 heavy (non-hydrogen) atoms. The highest BCUT2D eigenvalue weighted by Gasteiger charge is 2.24. The first-order chi connectivity index (χ1) is 11.2. The Hall–Kier alpha value is -1.52. The van der Waals surface area contributed by atoms with E-state index in [4.69, 9.17) is 4.74 Å². The van der Waals surface area contributed by atoms with Crippen molar-refractivity contribution in [2.75, 3.05) is 0 Å². The lowest BCUT2D eigenvalue weighted by Crippen LogP contribution is -2.44. The van der Waals surface area contributed by atoms with Crippen LogP contribution in [0.15, 0.2) is 30.5 Å². The van der Waals surface area contributed by atoms with Gasteiger partial charge in [0.15, 0.2) is 0 Å². The Balaban J connectivity index is 2.23. The van der Waals surface area contributed by atoms with E-state index < -0.39 is 11.7 Å². The molecule has 1 aromatic carbocycles. The van der Waals surface area contributed by atoms with Gasteiger partial charge in [0.1, 0.15) is 11.7 Å². The summed E-state index contributed by atoms with van der Waals surface area (Å²) in [5, 5.41) is 13.0. The minimum atomic E-state index is -0.559. The maximum atomic E-state index is 12.1. The van der Waals surface area contributed by atoms with E-state index in [0.29, 0.717) is 12.1 Å². The number of hydrogen-bond acceptors (Lipinski definition) is 3. The van der Waals surface area contributed by atoms with Gasteiger partial charge in [-0.15, -0.1) is 0 Å². The molecule has 0 unspecified atom stereocenters. The number of hydrogen-bond donors (Lipinski definition) is 1. The third kappa shape index (κ3) is 4.74. The van der Waals surface area contributed by atoms with Crippen LogP contribution in [0.5, 0.6) is 0 Å². The molecular weight excluding hydrogens is 438 g/mol. The monoisotopic (exact) mass is 455 g/mol. The molecule has 1 N–H and O–H groups in total. The van der Waals surface area contributed by atoms with Crippen molar-refractivity contribution in [3.05, 3.63) is 36.0 Å². The normalized spacial score (nSPS) is 12.9. The van der Waals surface area contributed by atoms with E-state index in [1.807, 2.05) is 49.6 Å². The quantitative estimate of drug-likeness (QED) is 0.687. The maximum Gasteiger partial charge on any atom is 0.408 e. The fraction of sp³-hybridized carbons (Fsp3) is 0.412. The van der Waals surface area contributed by atoms with E-state index >= 15 is 0 Å². The Bertz CT molecular complexity index is 772. The van der Waals surface area contributed by atoms with Gasteiger partial charge in [0.05, 0.1) is 15.3 Å². The zero-order valence-electron chi connectivity index (χ0n) is 13.7. The smallest absolute Gasteiger partial charge is 0.408 e. The Morgan fingerprint density at radius 2 is 2.04 bits per heavy atom. The van der Waals surface area contributed by atoms with Gasteiger partial charge in [-0.25, -0.2) is 4.79 Å². The number of amides is 1. The number of para-hydroxylation sites is 1. The summed E-state index contributed by atoms with van der Waals surface area (Å²) < 4.78 is 7.13. The number of nitriles is 1. The van der Waals surface area contributed by atoms with Crippen LogP contribution in [0.25, 0.3) is 10.9 Å². The first-order valence-corrected chi connectivity index (χ1v) is 9.30. The molecule has 2 rings (SSSR count). The van der Waals surface area contributed by atoms with E-state index in [0.717, 1.165) is 10.9 Å². The van der Waals surface area contributed by atoms with Crippen molar-refractivity contribution in [2.24, 2.45) is 0 Å². The SMILES string of the molecule is CC(C)(C)OC(=O)N[C@@H](Cn1cc(C#N)c2ccccc21)C(Br)Br. The molecule has 0 saturated heterocycles. The van der Waals surface area contributed by atoms with E-state index in [1.54, 1.807) is 6.20 Å². The molecule has 2 aromatic rings. The van der Waals surface area contributed by atoms with E-state index in [9.17, 15) is 10.1 Å². The lowest BCUT2D eigenvalue weighted by atomic mass is 10.2. The number of nitrogens with one attached hydrogen (secondary N) is 1. The minimum absolute atomic E-state index is 0.149. The van der Waals surface area contributed by atoms with Crippen molar-refractivity contribution >= 4 is 48.9 Å². The Morgan fingerprint density at radius 3 is 2.62 bits per heavy atom. The molecule has 0 radical (unpaired) electrons. The average molecular weight is 457 g/mol. The van der Waals surface area contributed by atoms with Crippen LogP contribution in [0.1, 0.15) is 26.3 Å². The van der Waals surface area contributed by atoms with Crippen LogP contribution in [0.3, 0.4) is 0 Å². The van der Waals surface area contributed by atoms with Crippen LogP contribution in [-0.2, 0) is 11.3 Å². The number of ether oxygens (including phenoxy) is 1. The van der Waals surface area contributed by atoms with Crippen molar-refractivity contribution < 1.29 is 9.53 Å². The van der Waals surface area contributed by atoms with E-state index in [2.05, 4.69) is 43.2 Å². The van der Waals surface area contributed by atoms with Gasteiger partial charge in [0.25, 0.3) is 0 Å². The molecule has 1 aromatic heterocycles. The topological polar surface area (TPSA) is 67.0 Å². The molecule has 0 aliphatic rings. The molecule has 1 atom stereocenters. The van der Waals surface area contributed by atoms with Gasteiger partial charge >= 0.3 is 6.09 Å². The summed E-state index contributed by atoms with van der Waals surface area (Å²) >= 11 is 6.92. The lowest BCUT2D eigenvalue weighted by Gasteiger charge is -2.25. The van der Waals surface area contributed by atoms with Gasteiger partial charge in [-0.2, -0.15) is 5.26 Å². The Kier molecular flexibility index (Phi) is 5.94. The average Bonchev–Trinajstić information content (AvgIpc) is 2.83. The number of alkyl carbamates (subject to hydrolysis) is 1. The van der Waals surface area contributed by atoms with Crippen LogP contribution in [-0.4, -0.2) is 26.0 Å². The molecule has 1 amide bonds. The number of alkyl halides is 2. The highest BCUT2D eigenvalue weighted by molar-refractivity contribution is 9.24. The first-order valence-electron chi connectivity index (χ1n) is 7.47. The first kappa shape index (κ1) is 18.8. The summed E-state index contributed by atoms with van der Waals surface area (Å²) in [5.74, 6) is 0. The molecular formula is C17H19Br2N3O2. The molecule has 0 aliphatic carbocycles. The predicted molar refractivity (Wildman–Crippen MR) is 101 cm³/mol. The van der Waals surface area contributed by atoms with E-state index in [-0.39, 0.29) is 9.78 Å². The summed E-state index contributed by atoms with van der Waals surface area (Å²) in [7, 11) is 0. The van der Waals surface area contributed by atoms with Crippen molar-refractivity contribution in [1.82, 2.24) is 9.88 Å². The fourth-order valence-corrected chi connectivity index (χ4v) is 2.94. The number of nitrogens with zero attached hydrogens (tertiary/aromatic N) is 2. The van der Waals surface area contributed by atoms with Crippen LogP contribution in [0, 0.1) is 11.3 Å². The molecule has 0 bridgehead atoms. The summed E-state index contributed by atoms with van der Waals surface area (Å²) in [6, 6.07) is 9.65. The van der Waals surface area contributed by atoms with Crippen molar-refractivity contribution in [2.45, 2.75) is 42.7 Å². The molecule has 0 fully saturated rings. The van der Waals surface area contributed by atoms with Crippen LogP contribution < -0.4 is 5.32 Å². The van der Waals surface area contributed by atoms with Gasteiger partial charge in [-0.05, 0) is 26.8 Å². The van der Waals surface area contributed by atoms with Crippen molar-refractivity contribution in [3.8, 4) is 6.07 Å². The number of benzene rings is 1. The summed E-state index contributed by atoms with van der Waals surface area (Å²) in [4.78, 5) is 12.1. The van der Waals surface area contributed by atoms with Gasteiger partial charge in [0.2, 0.25) is 0 Å². The highest BCUT2D eigenvalue weighted by atomic mass is 79.9. The molecule has 128 valence electrons. The Labute approximate surface area is 158 Å². The molecule has 7 heteroatoms. The summed E-state index contributed by atoms with van der Waals surface area (Å²) in [6.07, 6.45) is 1.32. The minimum Gasteiger partial charge on any atom is -0.444 e. The zero-order chi connectivity index (χ0) is 17.9. The van der Waals surface area contributed by atoms with Gasteiger partial charge in [-0.1, -0.05) is 50.1 Å². The fourth-order valence-electron chi connectivity index (χ4n) is 2.35. The predicted octanol–water partition coefficient (Wildman–Crippen LogP) is 4.52. The van der Waals surface area contributed by atoms with Crippen molar-refractivity contribution in [1.29, 1.82) is 5.26 Å². The molecule has 5 nitrogen and oxygen atoms in total. The largest absolute Gasteiger partial charge is 0.444 e. The summed E-state index contributed by atoms with van der Waals surface area (Å²) in [6.45, 7) is 5.95. The van der Waals surface area contributed by atoms with Crippen LogP contribution in [0.4, 0.5) is 4.79 Å². The van der Waals surface area contributed by atoms with Crippen LogP contribution >= 0.6 is 31.9 Å². The van der Waals surface area contributed by atoms with Crippen LogP contribution in [0.2, 0.25) is 0 Å². The van der Waals surface area contributed by atoms with Gasteiger partial charge < -0.3 is 14.6 Å². The maximum absolute atomic E-state index is 12.1. The highest BCUT2D eigenvalue weighted by Crippen LogP contribution is 2.23. The molecule has 0 aliphatic heterocycles. The molecule has 0 saturated carbocycles. The van der Waals surface area contributed by atoms with Crippen molar-refractivity contribution in [3.63, 3.8) is 0 Å². The molecule has 0 spiro atoms. The second kappa shape index (κ2) is 7.58. The standard InChI is InChI=1S/C17H19Br2N3O2/c1-17(2,3)24-16(23)21-13(15(18)19)10-22-9-11(8-20)12-6-4-5-7-14(12)22/h4-7,9,13,15H,10H2,1-3H3,(H,21,23)/t13-/m0/s1. The number of halogens is 2. The lowest BCUT2D eigenvalue weighted by molar-refractivity contribution is 0.0504.